The van der Waals surface area contributed by atoms with Crippen molar-refractivity contribution in [1.82, 2.24) is 4.90 Å². The molecule has 2 unspecified atom stereocenters. The van der Waals surface area contributed by atoms with Gasteiger partial charge in [0, 0.05) is 40.1 Å². The van der Waals surface area contributed by atoms with Crippen LogP contribution >= 0.6 is 0 Å². The third-order valence-electron chi connectivity index (χ3n) is 3.99. The van der Waals surface area contributed by atoms with Crippen molar-refractivity contribution in [3.05, 3.63) is 40.0 Å². The maximum absolute atomic E-state index is 8.54. The average Bonchev–Trinajstić information content (AvgIpc) is 2.76. The second-order valence-corrected chi connectivity index (χ2v) is 5.27. The number of likely N-dealkylation sites (N-methyl/N-ethyl adjacent to an activating group) is 1. The molecule has 0 fully saturated rings. The summed E-state index contributed by atoms with van der Waals surface area (Å²) in [5, 5.41) is 4.73. The second kappa shape index (κ2) is 4.30. The highest BCUT2D eigenvalue weighted by Crippen LogP contribution is 2.42. The molecule has 0 spiro atoms. The number of nitrogens with zero attached hydrogens (tertiary/aromatic N) is 4. The smallest absolute Gasteiger partial charge is 0.134 e. The Labute approximate surface area is 111 Å². The molecule has 1 aliphatic rings. The molecule has 1 aromatic carbocycles. The molecule has 0 bridgehead atoms. The summed E-state index contributed by atoms with van der Waals surface area (Å²) in [6.07, 6.45) is 0. The van der Waals surface area contributed by atoms with E-state index in [-0.39, 0.29) is 0 Å². The maximum atomic E-state index is 8.54. The Morgan fingerprint density at radius 2 is 2.21 bits per heavy atom. The Balaban J connectivity index is 2.28. The molecule has 1 aromatic heterocycles. The molecule has 5 heteroatoms. The summed E-state index contributed by atoms with van der Waals surface area (Å²) >= 11 is 0. The Morgan fingerprint density at radius 3 is 2.95 bits per heavy atom. The molecule has 0 aliphatic carbocycles. The van der Waals surface area contributed by atoms with E-state index in [9.17, 15) is 0 Å². The zero-order valence-electron chi connectivity index (χ0n) is 11.3. The minimum absolute atomic E-state index is 0.314. The van der Waals surface area contributed by atoms with Crippen molar-refractivity contribution in [1.29, 1.82) is 0 Å². The zero-order chi connectivity index (χ0) is 13.6. The van der Waals surface area contributed by atoms with Crippen LogP contribution in [-0.4, -0.2) is 18.5 Å². The standard InChI is InChI=1S/C14H16N4O/c1-8-7-18(3)9(2)13-11-6-10(16-17-15)4-5-12(11)19-14(8)13/h4-6,8-9H,7H2,1-3H3. The molecular weight excluding hydrogens is 240 g/mol. The van der Waals surface area contributed by atoms with E-state index in [4.69, 9.17) is 9.95 Å². The lowest BCUT2D eigenvalue weighted by molar-refractivity contribution is 0.215. The fraction of sp³-hybridized carbons (Fsp3) is 0.429. The fourth-order valence-electron chi connectivity index (χ4n) is 2.93. The summed E-state index contributed by atoms with van der Waals surface area (Å²) in [6, 6.07) is 5.90. The van der Waals surface area contributed by atoms with Gasteiger partial charge >= 0.3 is 0 Å². The summed E-state index contributed by atoms with van der Waals surface area (Å²) < 4.78 is 5.99. The highest BCUT2D eigenvalue weighted by atomic mass is 16.3. The first-order valence-corrected chi connectivity index (χ1v) is 6.43. The third kappa shape index (κ3) is 1.79. The van der Waals surface area contributed by atoms with Gasteiger partial charge in [0.05, 0.1) is 0 Å². The van der Waals surface area contributed by atoms with Crippen LogP contribution < -0.4 is 0 Å². The molecule has 98 valence electrons. The number of furan rings is 1. The molecule has 3 rings (SSSR count). The molecule has 0 amide bonds. The highest BCUT2D eigenvalue weighted by molar-refractivity contribution is 5.86. The highest BCUT2D eigenvalue weighted by Gasteiger charge is 2.31. The van der Waals surface area contributed by atoms with Gasteiger partial charge < -0.3 is 4.42 Å². The summed E-state index contributed by atoms with van der Waals surface area (Å²) in [6.45, 7) is 5.36. The number of hydrogen-bond donors (Lipinski definition) is 0. The molecule has 0 saturated heterocycles. The number of azide groups is 1. The summed E-state index contributed by atoms with van der Waals surface area (Å²) in [5.74, 6) is 1.45. The Morgan fingerprint density at radius 1 is 1.42 bits per heavy atom. The first-order valence-electron chi connectivity index (χ1n) is 6.43. The number of hydrogen-bond acceptors (Lipinski definition) is 3. The molecule has 2 atom stereocenters. The van der Waals surface area contributed by atoms with E-state index < -0.39 is 0 Å². The monoisotopic (exact) mass is 256 g/mol. The fourth-order valence-corrected chi connectivity index (χ4v) is 2.93. The molecule has 0 saturated carbocycles. The zero-order valence-corrected chi connectivity index (χ0v) is 11.3. The van der Waals surface area contributed by atoms with E-state index in [1.54, 1.807) is 6.07 Å². The van der Waals surface area contributed by atoms with Crippen LogP contribution in [0.5, 0.6) is 0 Å². The van der Waals surface area contributed by atoms with Crippen molar-refractivity contribution >= 4 is 16.7 Å². The van der Waals surface area contributed by atoms with Crippen LogP contribution in [0, 0.1) is 0 Å². The van der Waals surface area contributed by atoms with Crippen molar-refractivity contribution < 1.29 is 4.42 Å². The van der Waals surface area contributed by atoms with E-state index in [0.29, 0.717) is 17.6 Å². The van der Waals surface area contributed by atoms with Crippen molar-refractivity contribution in [3.63, 3.8) is 0 Å². The summed E-state index contributed by atoms with van der Waals surface area (Å²) in [7, 11) is 2.13. The Hall–Kier alpha value is -1.97. The minimum atomic E-state index is 0.314. The van der Waals surface area contributed by atoms with Gasteiger partial charge in [-0.05, 0) is 37.7 Å². The maximum Gasteiger partial charge on any atom is 0.134 e. The largest absolute Gasteiger partial charge is 0.460 e. The third-order valence-corrected chi connectivity index (χ3v) is 3.99. The summed E-state index contributed by atoms with van der Waals surface area (Å²) in [4.78, 5) is 5.16. The average molecular weight is 256 g/mol. The van der Waals surface area contributed by atoms with Gasteiger partial charge in [-0.3, -0.25) is 4.90 Å². The molecule has 2 heterocycles. The van der Waals surface area contributed by atoms with Gasteiger partial charge in [0.1, 0.15) is 11.3 Å². The quantitative estimate of drug-likeness (QED) is 0.429. The van der Waals surface area contributed by atoms with Gasteiger partial charge in [-0.25, -0.2) is 0 Å². The number of fused-ring (bicyclic) bond motifs is 3. The van der Waals surface area contributed by atoms with Crippen LogP contribution in [-0.2, 0) is 0 Å². The minimum Gasteiger partial charge on any atom is -0.460 e. The molecule has 1 aliphatic heterocycles. The van der Waals surface area contributed by atoms with E-state index in [2.05, 4.69) is 35.8 Å². The first kappa shape index (κ1) is 12.1. The predicted molar refractivity (Wildman–Crippen MR) is 74.5 cm³/mol. The first-order chi connectivity index (χ1) is 9.11. The SMILES string of the molecule is CC1CN(C)C(C)c2c1oc1ccc(N=[N+]=[N-])cc21. The van der Waals surface area contributed by atoms with Crippen molar-refractivity contribution in [2.24, 2.45) is 5.11 Å². The van der Waals surface area contributed by atoms with Gasteiger partial charge in [-0.15, -0.1) is 0 Å². The van der Waals surface area contributed by atoms with E-state index in [1.165, 1.54) is 5.56 Å². The second-order valence-electron chi connectivity index (χ2n) is 5.27. The van der Waals surface area contributed by atoms with Gasteiger partial charge in [-0.1, -0.05) is 12.0 Å². The van der Waals surface area contributed by atoms with Crippen molar-refractivity contribution in [2.75, 3.05) is 13.6 Å². The molecule has 19 heavy (non-hydrogen) atoms. The van der Waals surface area contributed by atoms with Gasteiger partial charge in [-0.2, -0.15) is 0 Å². The Kier molecular flexibility index (Phi) is 2.73. The predicted octanol–water partition coefficient (Wildman–Crippen LogP) is 4.48. The molecular formula is C14H16N4O. The van der Waals surface area contributed by atoms with Crippen LogP contribution in [0.2, 0.25) is 0 Å². The summed E-state index contributed by atoms with van der Waals surface area (Å²) in [5.41, 5.74) is 11.3. The van der Waals surface area contributed by atoms with Crippen LogP contribution in [0.4, 0.5) is 5.69 Å². The lowest BCUT2D eigenvalue weighted by Crippen LogP contribution is -2.31. The number of benzene rings is 1. The normalized spacial score (nSPS) is 23.1. The van der Waals surface area contributed by atoms with Crippen LogP contribution in [0.1, 0.15) is 37.1 Å². The number of rotatable bonds is 1. The Bertz CT molecular complexity index is 684. The van der Waals surface area contributed by atoms with E-state index >= 15 is 0 Å². The molecule has 0 N–H and O–H groups in total. The van der Waals surface area contributed by atoms with Gasteiger partial charge in [0.25, 0.3) is 0 Å². The lowest BCUT2D eigenvalue weighted by atomic mass is 9.92. The van der Waals surface area contributed by atoms with Crippen LogP contribution in [0.25, 0.3) is 21.4 Å². The van der Waals surface area contributed by atoms with E-state index in [0.717, 1.165) is 23.3 Å². The van der Waals surface area contributed by atoms with Crippen molar-refractivity contribution in [3.8, 4) is 0 Å². The lowest BCUT2D eigenvalue weighted by Gasteiger charge is -2.32. The van der Waals surface area contributed by atoms with Crippen LogP contribution in [0.3, 0.4) is 0 Å². The van der Waals surface area contributed by atoms with Crippen LogP contribution in [0.15, 0.2) is 27.7 Å². The van der Waals surface area contributed by atoms with Gasteiger partial charge in [0.2, 0.25) is 0 Å². The molecule has 5 nitrogen and oxygen atoms in total. The van der Waals surface area contributed by atoms with Crippen molar-refractivity contribution in [2.45, 2.75) is 25.8 Å². The van der Waals surface area contributed by atoms with Gasteiger partial charge in [0.15, 0.2) is 0 Å². The van der Waals surface area contributed by atoms with E-state index in [1.807, 2.05) is 12.1 Å². The topological polar surface area (TPSA) is 65.1 Å². The molecule has 2 aromatic rings. The molecule has 0 radical (unpaired) electrons.